The van der Waals surface area contributed by atoms with Crippen LogP contribution in [0.25, 0.3) is 0 Å². The van der Waals surface area contributed by atoms with Gasteiger partial charge in [-0.25, -0.2) is 12.7 Å². The van der Waals surface area contributed by atoms with E-state index in [4.69, 9.17) is 5.73 Å². The molecule has 0 aliphatic carbocycles. The van der Waals surface area contributed by atoms with Gasteiger partial charge in [-0.15, -0.1) is 0 Å². The van der Waals surface area contributed by atoms with E-state index in [1.54, 1.807) is 4.31 Å². The highest BCUT2D eigenvalue weighted by Crippen LogP contribution is 2.14. The average Bonchev–Trinajstić information content (AvgIpc) is 2.18. The van der Waals surface area contributed by atoms with Gasteiger partial charge in [-0.1, -0.05) is 13.3 Å². The van der Waals surface area contributed by atoms with Crippen molar-refractivity contribution in [1.29, 1.82) is 0 Å². The summed E-state index contributed by atoms with van der Waals surface area (Å²) in [7, 11) is -3.09. The highest BCUT2D eigenvalue weighted by molar-refractivity contribution is 7.89. The third-order valence-corrected chi connectivity index (χ3v) is 4.66. The molecule has 1 atom stereocenters. The summed E-state index contributed by atoms with van der Waals surface area (Å²) in [6, 6.07) is -0.220. The summed E-state index contributed by atoms with van der Waals surface area (Å²) in [5, 5.41) is 0. The van der Waals surface area contributed by atoms with E-state index < -0.39 is 10.0 Å². The molecule has 0 aromatic carbocycles. The number of hydrogen-bond acceptors (Lipinski definition) is 3. The fraction of sp³-hybridized carbons (Fsp3) is 1.00. The Bertz CT molecular complexity index is 258. The molecule has 1 aliphatic rings. The van der Waals surface area contributed by atoms with Crippen molar-refractivity contribution in [1.82, 2.24) is 4.31 Å². The van der Waals surface area contributed by atoms with Gasteiger partial charge in [-0.2, -0.15) is 0 Å². The Hall–Kier alpha value is -0.130. The molecule has 5 heteroatoms. The molecule has 4 nitrogen and oxygen atoms in total. The molecule has 2 N–H and O–H groups in total. The summed E-state index contributed by atoms with van der Waals surface area (Å²) < 4.78 is 25.2. The highest BCUT2D eigenvalue weighted by Gasteiger charge is 2.25. The Morgan fingerprint density at radius 2 is 1.86 bits per heavy atom. The minimum Gasteiger partial charge on any atom is -0.327 e. The predicted octanol–water partition coefficient (Wildman–Crippen LogP) is 0.539. The van der Waals surface area contributed by atoms with Crippen molar-refractivity contribution in [2.75, 3.05) is 18.8 Å². The van der Waals surface area contributed by atoms with E-state index in [0.29, 0.717) is 19.5 Å². The first-order valence-electron chi connectivity index (χ1n) is 5.29. The summed E-state index contributed by atoms with van der Waals surface area (Å²) in [5.41, 5.74) is 5.66. The topological polar surface area (TPSA) is 63.4 Å². The minimum absolute atomic E-state index is 0.101. The van der Waals surface area contributed by atoms with Crippen LogP contribution in [0.2, 0.25) is 0 Å². The average molecular weight is 220 g/mol. The van der Waals surface area contributed by atoms with E-state index in [9.17, 15) is 8.42 Å². The van der Waals surface area contributed by atoms with Crippen LogP contribution in [0, 0.1) is 0 Å². The van der Waals surface area contributed by atoms with E-state index in [2.05, 4.69) is 0 Å². The third-order valence-electron chi connectivity index (χ3n) is 2.66. The maximum Gasteiger partial charge on any atom is 0.215 e. The largest absolute Gasteiger partial charge is 0.327 e. The number of rotatable bonds is 4. The third kappa shape index (κ3) is 3.22. The lowest BCUT2D eigenvalue weighted by atomic mass is 10.2. The fourth-order valence-corrected chi connectivity index (χ4v) is 3.44. The Kier molecular flexibility index (Phi) is 4.34. The molecule has 1 fully saturated rings. The molecule has 84 valence electrons. The van der Waals surface area contributed by atoms with Gasteiger partial charge in [0.1, 0.15) is 0 Å². The Morgan fingerprint density at radius 1 is 1.29 bits per heavy atom. The van der Waals surface area contributed by atoms with Gasteiger partial charge in [0.25, 0.3) is 0 Å². The maximum atomic E-state index is 11.8. The van der Waals surface area contributed by atoms with E-state index in [1.807, 2.05) is 6.92 Å². The van der Waals surface area contributed by atoms with Crippen LogP contribution in [0.3, 0.4) is 0 Å². The second kappa shape index (κ2) is 5.09. The summed E-state index contributed by atoms with van der Waals surface area (Å²) in [6.45, 7) is 3.27. The van der Waals surface area contributed by atoms with Crippen LogP contribution in [0.15, 0.2) is 0 Å². The maximum absolute atomic E-state index is 11.8. The quantitative estimate of drug-likeness (QED) is 0.752. The highest BCUT2D eigenvalue weighted by atomic mass is 32.2. The molecule has 0 aromatic rings. The number of hydrogen-bond donors (Lipinski definition) is 1. The zero-order valence-corrected chi connectivity index (χ0v) is 9.59. The van der Waals surface area contributed by atoms with Crippen LogP contribution in [-0.2, 0) is 10.0 Å². The molecular weight excluding hydrogens is 200 g/mol. The molecule has 0 aromatic heterocycles. The van der Waals surface area contributed by atoms with E-state index >= 15 is 0 Å². The lowest BCUT2D eigenvalue weighted by Gasteiger charge is -2.26. The Balaban J connectivity index is 2.54. The predicted molar refractivity (Wildman–Crippen MR) is 57.5 cm³/mol. The molecule has 0 amide bonds. The summed E-state index contributed by atoms with van der Waals surface area (Å²) in [5.74, 6) is 0.101. The molecular formula is C9H20N2O2S. The van der Waals surface area contributed by atoms with Crippen molar-refractivity contribution in [2.24, 2.45) is 5.73 Å². The van der Waals surface area contributed by atoms with Gasteiger partial charge in [-0.3, -0.25) is 0 Å². The van der Waals surface area contributed by atoms with Gasteiger partial charge in [0.05, 0.1) is 5.75 Å². The van der Waals surface area contributed by atoms with E-state index in [1.165, 1.54) is 0 Å². The summed E-state index contributed by atoms with van der Waals surface area (Å²) in [4.78, 5) is 0. The molecule has 1 aliphatic heterocycles. The molecule has 1 heterocycles. The Morgan fingerprint density at radius 3 is 2.36 bits per heavy atom. The van der Waals surface area contributed by atoms with Crippen LogP contribution >= 0.6 is 0 Å². The smallest absolute Gasteiger partial charge is 0.215 e. The van der Waals surface area contributed by atoms with Crippen LogP contribution in [0.5, 0.6) is 0 Å². The first-order valence-corrected chi connectivity index (χ1v) is 6.90. The van der Waals surface area contributed by atoms with Crippen molar-refractivity contribution in [3.05, 3.63) is 0 Å². The van der Waals surface area contributed by atoms with E-state index in [0.717, 1.165) is 19.3 Å². The first-order chi connectivity index (χ1) is 6.56. The number of nitrogens with zero attached hydrogens (tertiary/aromatic N) is 1. The lowest BCUT2D eigenvalue weighted by Crippen LogP contribution is -2.41. The van der Waals surface area contributed by atoms with Gasteiger partial charge in [-0.05, 0) is 19.3 Å². The van der Waals surface area contributed by atoms with E-state index in [-0.39, 0.29) is 11.8 Å². The number of sulfonamides is 1. The fourth-order valence-electron chi connectivity index (χ4n) is 1.64. The molecule has 1 unspecified atom stereocenters. The Labute approximate surface area is 86.5 Å². The molecule has 1 saturated heterocycles. The molecule has 0 radical (unpaired) electrons. The monoisotopic (exact) mass is 220 g/mol. The van der Waals surface area contributed by atoms with Gasteiger partial charge < -0.3 is 5.73 Å². The molecule has 1 rings (SSSR count). The van der Waals surface area contributed by atoms with Crippen molar-refractivity contribution in [3.63, 3.8) is 0 Å². The van der Waals surface area contributed by atoms with Crippen LogP contribution < -0.4 is 5.73 Å². The van der Waals surface area contributed by atoms with Crippen molar-refractivity contribution in [2.45, 2.75) is 38.6 Å². The van der Waals surface area contributed by atoms with Crippen LogP contribution in [-0.4, -0.2) is 37.6 Å². The van der Waals surface area contributed by atoms with Gasteiger partial charge in [0, 0.05) is 19.1 Å². The summed E-state index contributed by atoms with van der Waals surface area (Å²) in [6.07, 6.45) is 3.83. The second-order valence-corrected chi connectivity index (χ2v) is 5.92. The standard InChI is InChI=1S/C9H20N2O2S/c1-2-9(10)8-14(12,13)11-6-4-3-5-7-11/h9H,2-8,10H2,1H3. The first kappa shape index (κ1) is 11.9. The summed E-state index contributed by atoms with van der Waals surface area (Å²) >= 11 is 0. The number of nitrogens with two attached hydrogens (primary N) is 1. The van der Waals surface area contributed by atoms with Gasteiger partial charge in [0.15, 0.2) is 0 Å². The second-order valence-electron chi connectivity index (χ2n) is 3.91. The van der Waals surface area contributed by atoms with Crippen LogP contribution in [0.4, 0.5) is 0 Å². The molecule has 0 saturated carbocycles. The van der Waals surface area contributed by atoms with Crippen molar-refractivity contribution in [3.8, 4) is 0 Å². The molecule has 14 heavy (non-hydrogen) atoms. The number of piperidine rings is 1. The van der Waals surface area contributed by atoms with Crippen molar-refractivity contribution >= 4 is 10.0 Å². The van der Waals surface area contributed by atoms with Crippen LogP contribution in [0.1, 0.15) is 32.6 Å². The normalized spacial score (nSPS) is 22.1. The van der Waals surface area contributed by atoms with Gasteiger partial charge >= 0.3 is 0 Å². The molecule has 0 bridgehead atoms. The minimum atomic E-state index is -3.09. The van der Waals surface area contributed by atoms with Crippen molar-refractivity contribution < 1.29 is 8.42 Å². The zero-order valence-electron chi connectivity index (χ0n) is 8.78. The zero-order chi connectivity index (χ0) is 10.6. The SMILES string of the molecule is CCC(N)CS(=O)(=O)N1CCCCC1. The molecule has 0 spiro atoms. The lowest BCUT2D eigenvalue weighted by molar-refractivity contribution is 0.345. The van der Waals surface area contributed by atoms with Gasteiger partial charge in [0.2, 0.25) is 10.0 Å².